The maximum absolute atomic E-state index is 12.1. The first kappa shape index (κ1) is 14.6. The highest BCUT2D eigenvalue weighted by molar-refractivity contribution is 14.1. The molecule has 1 amide bonds. The molecule has 0 unspecified atom stereocenters. The Morgan fingerprint density at radius 3 is 2.68 bits per heavy atom. The molecule has 6 heteroatoms. The number of hydrogen-bond acceptors (Lipinski definition) is 2. The van der Waals surface area contributed by atoms with E-state index in [1.165, 1.54) is 6.07 Å². The third kappa shape index (κ3) is 3.61. The van der Waals surface area contributed by atoms with Crippen LogP contribution in [0, 0.1) is 3.57 Å². The van der Waals surface area contributed by atoms with Crippen molar-refractivity contribution in [3.05, 3.63) is 55.0 Å². The zero-order chi connectivity index (χ0) is 14.0. The van der Waals surface area contributed by atoms with Gasteiger partial charge in [-0.2, -0.15) is 0 Å². The molecule has 0 aromatic heterocycles. The van der Waals surface area contributed by atoms with Gasteiger partial charge in [0.15, 0.2) is 0 Å². The van der Waals surface area contributed by atoms with Gasteiger partial charge in [0, 0.05) is 13.7 Å². The van der Waals surface area contributed by atoms with E-state index in [1.54, 1.807) is 30.3 Å². The molecule has 0 aliphatic heterocycles. The fourth-order valence-electron chi connectivity index (χ4n) is 1.46. The summed E-state index contributed by atoms with van der Waals surface area (Å²) in [5.41, 5.74) is 0.794. The lowest BCUT2D eigenvalue weighted by atomic mass is 10.2. The van der Waals surface area contributed by atoms with Gasteiger partial charge in [-0.1, -0.05) is 11.6 Å². The molecule has 0 fully saturated rings. The summed E-state index contributed by atoms with van der Waals surface area (Å²) in [6.45, 7) is 0. The number of aromatic hydroxyl groups is 1. The molecule has 2 rings (SSSR count). The van der Waals surface area contributed by atoms with Crippen LogP contribution in [0.3, 0.4) is 0 Å². The minimum Gasteiger partial charge on any atom is -0.507 e. The van der Waals surface area contributed by atoms with Crippen molar-refractivity contribution in [2.45, 2.75) is 0 Å². The van der Waals surface area contributed by atoms with Gasteiger partial charge >= 0.3 is 0 Å². The highest BCUT2D eigenvalue weighted by Crippen LogP contribution is 2.26. The number of carbonyl (C=O) groups is 1. The third-order valence-corrected chi connectivity index (χ3v) is 4.28. The Kier molecular flexibility index (Phi) is 4.70. The van der Waals surface area contributed by atoms with Crippen LogP contribution in [0.2, 0.25) is 5.02 Å². The quantitative estimate of drug-likeness (QED) is 0.651. The maximum Gasteiger partial charge on any atom is 0.259 e. The van der Waals surface area contributed by atoms with Gasteiger partial charge in [0.05, 0.1) is 10.6 Å². The second-order valence-electron chi connectivity index (χ2n) is 3.74. The van der Waals surface area contributed by atoms with Gasteiger partial charge in [-0.3, -0.25) is 4.79 Å². The van der Waals surface area contributed by atoms with Crippen molar-refractivity contribution >= 4 is 61.7 Å². The molecule has 0 aliphatic carbocycles. The number of benzene rings is 2. The van der Waals surface area contributed by atoms with Gasteiger partial charge in [0.2, 0.25) is 0 Å². The Balaban J connectivity index is 2.25. The predicted octanol–water partition coefficient (Wildman–Crippen LogP) is 4.67. The molecule has 3 nitrogen and oxygen atoms in total. The number of rotatable bonds is 2. The number of halogens is 3. The molecule has 98 valence electrons. The van der Waals surface area contributed by atoms with Crippen LogP contribution < -0.4 is 5.32 Å². The van der Waals surface area contributed by atoms with Crippen molar-refractivity contribution in [2.24, 2.45) is 0 Å². The van der Waals surface area contributed by atoms with Crippen LogP contribution in [-0.2, 0) is 0 Å². The van der Waals surface area contributed by atoms with E-state index >= 15 is 0 Å². The van der Waals surface area contributed by atoms with Crippen molar-refractivity contribution in [3.63, 3.8) is 0 Å². The Hall–Kier alpha value is -0.790. The Morgan fingerprint density at radius 2 is 2.00 bits per heavy atom. The van der Waals surface area contributed by atoms with Gasteiger partial charge < -0.3 is 10.4 Å². The van der Waals surface area contributed by atoms with E-state index in [9.17, 15) is 9.90 Å². The second-order valence-corrected chi connectivity index (χ2v) is 6.25. The molecule has 2 aromatic carbocycles. The van der Waals surface area contributed by atoms with Crippen LogP contribution in [0.15, 0.2) is 40.9 Å². The minimum atomic E-state index is -0.380. The van der Waals surface area contributed by atoms with Crippen molar-refractivity contribution < 1.29 is 9.90 Å². The van der Waals surface area contributed by atoms with E-state index in [0.29, 0.717) is 10.7 Å². The topological polar surface area (TPSA) is 49.3 Å². The van der Waals surface area contributed by atoms with Gasteiger partial charge in [-0.15, -0.1) is 0 Å². The number of nitrogens with one attached hydrogen (secondary N) is 1. The molecule has 19 heavy (non-hydrogen) atoms. The second kappa shape index (κ2) is 6.11. The van der Waals surface area contributed by atoms with Crippen LogP contribution >= 0.6 is 50.1 Å². The summed E-state index contributed by atoms with van der Waals surface area (Å²) in [5, 5.41) is 12.9. The summed E-state index contributed by atoms with van der Waals surface area (Å²) >= 11 is 11.3. The molecule has 0 saturated carbocycles. The number of amides is 1. The molecule has 0 aliphatic rings. The molecule has 2 aromatic rings. The highest BCUT2D eigenvalue weighted by atomic mass is 127. The molecule has 2 N–H and O–H groups in total. The van der Waals surface area contributed by atoms with Crippen molar-refractivity contribution in [1.82, 2.24) is 0 Å². The van der Waals surface area contributed by atoms with Crippen LogP contribution in [0.5, 0.6) is 5.75 Å². The minimum absolute atomic E-state index is 0.0545. The Morgan fingerprint density at radius 1 is 1.26 bits per heavy atom. The monoisotopic (exact) mass is 451 g/mol. The molecule has 0 bridgehead atoms. The first-order valence-electron chi connectivity index (χ1n) is 5.22. The maximum atomic E-state index is 12.1. The third-order valence-electron chi connectivity index (χ3n) is 2.38. The summed E-state index contributed by atoms with van der Waals surface area (Å²) in [6.07, 6.45) is 0. The lowest BCUT2D eigenvalue weighted by molar-refractivity contribution is 0.102. The molecular weight excluding hydrogens is 444 g/mol. The number of anilines is 1. The smallest absolute Gasteiger partial charge is 0.259 e. The van der Waals surface area contributed by atoms with Crippen LogP contribution in [0.1, 0.15) is 10.4 Å². The number of phenols is 1. The van der Waals surface area contributed by atoms with E-state index in [-0.39, 0.29) is 17.2 Å². The Bertz CT molecular complexity index is 649. The summed E-state index contributed by atoms with van der Waals surface area (Å²) in [7, 11) is 0. The fourth-order valence-corrected chi connectivity index (χ4v) is 2.38. The van der Waals surface area contributed by atoms with E-state index < -0.39 is 0 Å². The zero-order valence-corrected chi connectivity index (χ0v) is 14.0. The lowest BCUT2D eigenvalue weighted by Gasteiger charge is -2.08. The van der Waals surface area contributed by atoms with Crippen LogP contribution in [0.4, 0.5) is 5.69 Å². The van der Waals surface area contributed by atoms with Crippen molar-refractivity contribution in [3.8, 4) is 5.75 Å². The standard InChI is InChI=1S/C13H8BrClINO2/c14-10-3-2-8(6-11(10)15)17-13(19)9-5-7(16)1-4-12(9)18/h1-6,18H,(H,17,19). The average Bonchev–Trinajstić information content (AvgIpc) is 2.36. The van der Waals surface area contributed by atoms with Gasteiger partial charge in [-0.05, 0) is 74.9 Å². The molecule has 0 saturated heterocycles. The summed E-state index contributed by atoms with van der Waals surface area (Å²) in [5.74, 6) is -0.435. The van der Waals surface area contributed by atoms with Crippen molar-refractivity contribution in [1.29, 1.82) is 0 Å². The first-order chi connectivity index (χ1) is 8.97. The van der Waals surface area contributed by atoms with Gasteiger partial charge in [0.1, 0.15) is 5.75 Å². The van der Waals surface area contributed by atoms with Crippen LogP contribution in [-0.4, -0.2) is 11.0 Å². The normalized spacial score (nSPS) is 10.3. The van der Waals surface area contributed by atoms with Gasteiger partial charge in [-0.25, -0.2) is 0 Å². The predicted molar refractivity (Wildman–Crippen MR) is 87.9 cm³/mol. The number of hydrogen-bond donors (Lipinski definition) is 2. The average molecular weight is 452 g/mol. The molecular formula is C13H8BrClINO2. The summed E-state index contributed by atoms with van der Waals surface area (Å²) < 4.78 is 1.62. The number of carbonyl (C=O) groups excluding carboxylic acids is 1. The Labute approximate surface area is 137 Å². The summed E-state index contributed by atoms with van der Waals surface area (Å²) in [6, 6.07) is 9.93. The molecule has 0 heterocycles. The van der Waals surface area contributed by atoms with E-state index in [2.05, 4.69) is 43.8 Å². The molecule has 0 radical (unpaired) electrons. The zero-order valence-electron chi connectivity index (χ0n) is 9.45. The fraction of sp³-hybridized carbons (Fsp3) is 0. The van der Waals surface area contributed by atoms with E-state index in [1.807, 2.05) is 0 Å². The molecule has 0 spiro atoms. The molecule has 0 atom stereocenters. The number of phenolic OH excluding ortho intramolecular Hbond substituents is 1. The van der Waals surface area contributed by atoms with Gasteiger partial charge in [0.25, 0.3) is 5.91 Å². The van der Waals surface area contributed by atoms with Crippen molar-refractivity contribution in [2.75, 3.05) is 5.32 Å². The largest absolute Gasteiger partial charge is 0.507 e. The highest BCUT2D eigenvalue weighted by Gasteiger charge is 2.12. The first-order valence-corrected chi connectivity index (χ1v) is 7.47. The lowest BCUT2D eigenvalue weighted by Crippen LogP contribution is -2.12. The SMILES string of the molecule is O=C(Nc1ccc(Br)c(Cl)c1)c1cc(I)ccc1O. The van der Waals surface area contributed by atoms with E-state index in [4.69, 9.17) is 11.6 Å². The summed E-state index contributed by atoms with van der Waals surface area (Å²) in [4.78, 5) is 12.1. The van der Waals surface area contributed by atoms with E-state index in [0.717, 1.165) is 8.04 Å². The van der Waals surface area contributed by atoms with Crippen LogP contribution in [0.25, 0.3) is 0 Å².